The van der Waals surface area contributed by atoms with Crippen LogP contribution in [0.2, 0.25) is 0 Å². The van der Waals surface area contributed by atoms with Gasteiger partial charge in [-0.2, -0.15) is 11.6 Å². The van der Waals surface area contributed by atoms with Gasteiger partial charge in [0, 0.05) is 0 Å². The molecule has 0 amide bonds. The van der Waals surface area contributed by atoms with Crippen LogP contribution < -0.4 is 24.8 Å². The summed E-state index contributed by atoms with van der Waals surface area (Å²) in [4.78, 5) is 0. The average molecular weight is 360 g/mol. The molecule has 0 aliphatic heterocycles. The summed E-state index contributed by atoms with van der Waals surface area (Å²) in [6, 6.07) is 10.5. The van der Waals surface area contributed by atoms with Gasteiger partial charge in [0.15, 0.2) is 0 Å². The number of hydrogen-bond acceptors (Lipinski definition) is 1. The van der Waals surface area contributed by atoms with Crippen LogP contribution in [0.1, 0.15) is 39.2 Å². The minimum Gasteiger partial charge on any atom is -1.00 e. The van der Waals surface area contributed by atoms with E-state index in [9.17, 15) is 0 Å². The van der Waals surface area contributed by atoms with E-state index < -0.39 is 0 Å². The molecule has 0 saturated carbocycles. The van der Waals surface area contributed by atoms with Crippen molar-refractivity contribution in [2.45, 2.75) is 45.3 Å². The van der Waals surface area contributed by atoms with Crippen molar-refractivity contribution in [3.05, 3.63) is 59.7 Å². The first-order chi connectivity index (χ1) is 8.69. The molecule has 0 bridgehead atoms. The second-order valence-electron chi connectivity index (χ2n) is 4.91. The van der Waals surface area contributed by atoms with E-state index in [4.69, 9.17) is 4.74 Å². The van der Waals surface area contributed by atoms with Gasteiger partial charge in [0.2, 0.25) is 0 Å². The van der Waals surface area contributed by atoms with E-state index in [1.54, 1.807) is 0 Å². The first-order valence-electron chi connectivity index (χ1n) is 6.70. The van der Waals surface area contributed by atoms with Crippen LogP contribution in [0.15, 0.2) is 48.1 Å². The fourth-order valence-corrected chi connectivity index (χ4v) is 2.56. The summed E-state index contributed by atoms with van der Waals surface area (Å²) in [5.41, 5.74) is 2.04. The Bertz CT molecular complexity index is 457. The van der Waals surface area contributed by atoms with Gasteiger partial charge >= 0.3 is 21.7 Å². The second-order valence-corrected chi connectivity index (χ2v) is 4.91. The first kappa shape index (κ1) is 23.2. The van der Waals surface area contributed by atoms with Gasteiger partial charge in [-0.05, 0) is 25.8 Å². The van der Waals surface area contributed by atoms with Gasteiger partial charge in [-0.1, -0.05) is 37.3 Å². The molecular weight excluding hydrogens is 339 g/mol. The molecule has 21 heavy (non-hydrogen) atoms. The van der Waals surface area contributed by atoms with Gasteiger partial charge in [0.05, 0.1) is 11.7 Å². The number of halogens is 2. The molecule has 1 unspecified atom stereocenters. The second kappa shape index (κ2) is 10.6. The summed E-state index contributed by atoms with van der Waals surface area (Å²) in [5.74, 6) is 0. The average Bonchev–Trinajstić information content (AvgIpc) is 2.91. The van der Waals surface area contributed by atoms with Gasteiger partial charge < -0.3 is 29.6 Å². The van der Waals surface area contributed by atoms with Crippen LogP contribution in [0.25, 0.3) is 0 Å². The van der Waals surface area contributed by atoms with E-state index >= 15 is 0 Å². The normalized spacial score (nSPS) is 15.3. The van der Waals surface area contributed by atoms with Crippen LogP contribution >= 0.6 is 0 Å². The third-order valence-corrected chi connectivity index (χ3v) is 3.30. The van der Waals surface area contributed by atoms with Crippen molar-refractivity contribution in [2.24, 2.45) is 0 Å². The summed E-state index contributed by atoms with van der Waals surface area (Å²) in [7, 11) is 0. The van der Waals surface area contributed by atoms with Crippen molar-refractivity contribution in [1.29, 1.82) is 0 Å². The molecule has 0 N–H and O–H groups in total. The van der Waals surface area contributed by atoms with Gasteiger partial charge in [-0.25, -0.2) is 6.08 Å². The van der Waals surface area contributed by atoms with Gasteiger partial charge in [-0.3, -0.25) is 6.08 Å². The Morgan fingerprint density at radius 1 is 1.19 bits per heavy atom. The van der Waals surface area contributed by atoms with Gasteiger partial charge in [-0.15, -0.1) is 6.42 Å². The van der Waals surface area contributed by atoms with E-state index in [0.29, 0.717) is 0 Å². The molecule has 1 nitrogen and oxygen atoms in total. The Morgan fingerprint density at radius 3 is 2.24 bits per heavy atom. The summed E-state index contributed by atoms with van der Waals surface area (Å²) in [5, 5.41) is 0. The Morgan fingerprint density at radius 2 is 1.81 bits per heavy atom. The first-order valence-corrected chi connectivity index (χ1v) is 6.70. The van der Waals surface area contributed by atoms with E-state index in [1.807, 2.05) is 6.07 Å². The Hall–Kier alpha value is -0.0457. The van der Waals surface area contributed by atoms with E-state index in [-0.39, 0.29) is 58.2 Å². The van der Waals surface area contributed by atoms with Gasteiger partial charge in [0.1, 0.15) is 0 Å². The smallest absolute Gasteiger partial charge is 1.00 e. The molecule has 0 spiro atoms. The summed E-state index contributed by atoms with van der Waals surface area (Å²) in [6.45, 7) is 6.36. The maximum Gasteiger partial charge on any atom is 3.00 e. The predicted molar refractivity (Wildman–Crippen MR) is 75.1 cm³/mol. The zero-order valence-electron chi connectivity index (χ0n) is 12.7. The molecule has 0 aromatic heterocycles. The van der Waals surface area contributed by atoms with Crippen LogP contribution in [-0.4, -0.2) is 6.10 Å². The SMILES string of the molecule is CCC(OC(C)C)(C1=[C-]CC=C1)c1ccccc1.[Cl-].[Cl-].[Ti+3]. The summed E-state index contributed by atoms with van der Waals surface area (Å²) >= 11 is 0. The fourth-order valence-electron chi connectivity index (χ4n) is 2.56. The topological polar surface area (TPSA) is 9.23 Å². The molecule has 0 fully saturated rings. The number of allylic oxidation sites excluding steroid dienone is 2. The zero-order chi connectivity index (χ0) is 13.0. The molecule has 1 atom stereocenters. The monoisotopic (exact) mass is 359 g/mol. The molecule has 1 aromatic carbocycles. The van der Waals surface area contributed by atoms with E-state index in [2.05, 4.69) is 63.3 Å². The Balaban J connectivity index is 0. The molecule has 113 valence electrons. The van der Waals surface area contributed by atoms with Crippen molar-refractivity contribution in [2.75, 3.05) is 0 Å². The number of hydrogen-bond donors (Lipinski definition) is 0. The van der Waals surface area contributed by atoms with Crippen LogP contribution in [0.4, 0.5) is 0 Å². The fraction of sp³-hybridized carbons (Fsp3) is 0.412. The molecular formula is C17H21Cl2OTi. The van der Waals surface area contributed by atoms with Crippen LogP contribution in [0.5, 0.6) is 0 Å². The maximum atomic E-state index is 6.31. The van der Waals surface area contributed by atoms with Crippen molar-refractivity contribution in [3.8, 4) is 0 Å². The summed E-state index contributed by atoms with van der Waals surface area (Å²) < 4.78 is 6.31. The summed E-state index contributed by atoms with van der Waals surface area (Å²) in [6.07, 6.45) is 9.73. The van der Waals surface area contributed by atoms with Crippen molar-refractivity contribution in [1.82, 2.24) is 0 Å². The van der Waals surface area contributed by atoms with Crippen LogP contribution in [0, 0.1) is 6.08 Å². The Kier molecular flexibility index (Phi) is 11.8. The third kappa shape index (κ3) is 5.26. The molecule has 1 aliphatic rings. The van der Waals surface area contributed by atoms with Gasteiger partial charge in [0.25, 0.3) is 0 Å². The molecule has 1 aliphatic carbocycles. The van der Waals surface area contributed by atoms with Crippen molar-refractivity contribution < 1.29 is 51.3 Å². The quantitative estimate of drug-likeness (QED) is 0.455. The molecule has 0 heterocycles. The number of benzene rings is 1. The molecule has 4 heteroatoms. The predicted octanol–water partition coefficient (Wildman–Crippen LogP) is -1.59. The zero-order valence-corrected chi connectivity index (χ0v) is 15.8. The molecule has 1 aromatic rings. The standard InChI is InChI=1S/C17H21O.2ClH.Ti/c1-4-17(18-14(2)3,16-12-8-9-13-16)15-10-6-5-7-11-15;;;/h5-8,10-12,14H,4,9H2,1-3H3;2*1H;/q-1;;;+3/p-2. The molecule has 0 saturated heterocycles. The third-order valence-electron chi connectivity index (χ3n) is 3.30. The molecule has 1 radical (unpaired) electrons. The minimum absolute atomic E-state index is 0. The van der Waals surface area contributed by atoms with Crippen molar-refractivity contribution in [3.63, 3.8) is 0 Å². The Labute approximate surface area is 155 Å². The molecule has 2 rings (SSSR count). The van der Waals surface area contributed by atoms with E-state index in [0.717, 1.165) is 12.8 Å². The number of rotatable bonds is 5. The van der Waals surface area contributed by atoms with Crippen LogP contribution in [0.3, 0.4) is 0 Å². The minimum atomic E-state index is -0.345. The number of ether oxygens (including phenoxy) is 1. The van der Waals surface area contributed by atoms with Crippen LogP contribution in [-0.2, 0) is 32.1 Å². The largest absolute Gasteiger partial charge is 3.00 e. The van der Waals surface area contributed by atoms with Crippen molar-refractivity contribution >= 4 is 0 Å². The maximum absolute atomic E-state index is 6.31. The van der Waals surface area contributed by atoms with E-state index in [1.165, 1.54) is 11.1 Å².